The van der Waals surface area contributed by atoms with E-state index in [1.54, 1.807) is 29.2 Å². The summed E-state index contributed by atoms with van der Waals surface area (Å²) >= 11 is 0. The van der Waals surface area contributed by atoms with E-state index in [-0.39, 0.29) is 37.0 Å². The number of hydrazone groups is 1. The lowest BCUT2D eigenvalue weighted by atomic mass is 10.1. The second kappa shape index (κ2) is 9.30. The standard InChI is InChI=1S/C20H25N3O4/c24-18-12-11-17(21-23(18)16-9-5-4-6-10-16)20(26)27-15-19(25)22-13-7-2-1-3-8-14-22/h4-6,9-10H,1-3,7-8,11-15H2. The molecule has 0 unspecified atom stereocenters. The molecule has 27 heavy (non-hydrogen) atoms. The lowest BCUT2D eigenvalue weighted by Gasteiger charge is -2.25. The number of ether oxygens (including phenoxy) is 1. The molecule has 1 aromatic rings. The Morgan fingerprint density at radius 2 is 1.63 bits per heavy atom. The largest absolute Gasteiger partial charge is 0.451 e. The van der Waals surface area contributed by atoms with Crippen molar-refractivity contribution in [2.45, 2.75) is 44.9 Å². The highest BCUT2D eigenvalue weighted by molar-refractivity contribution is 6.38. The van der Waals surface area contributed by atoms with Crippen LogP contribution < -0.4 is 5.01 Å². The van der Waals surface area contributed by atoms with Crippen LogP contribution in [0.2, 0.25) is 0 Å². The van der Waals surface area contributed by atoms with Gasteiger partial charge in [-0.3, -0.25) is 9.59 Å². The Hall–Kier alpha value is -2.70. The van der Waals surface area contributed by atoms with Gasteiger partial charge in [0.1, 0.15) is 5.71 Å². The predicted octanol–water partition coefficient (Wildman–Crippen LogP) is 2.51. The Balaban J connectivity index is 1.58. The second-order valence-corrected chi connectivity index (χ2v) is 6.81. The molecule has 2 aliphatic heterocycles. The van der Waals surface area contributed by atoms with Gasteiger partial charge in [-0.2, -0.15) is 5.10 Å². The van der Waals surface area contributed by atoms with E-state index >= 15 is 0 Å². The third-order valence-corrected chi connectivity index (χ3v) is 4.80. The number of para-hydroxylation sites is 1. The normalized spacial score (nSPS) is 18.4. The van der Waals surface area contributed by atoms with E-state index in [4.69, 9.17) is 4.74 Å². The summed E-state index contributed by atoms with van der Waals surface area (Å²) in [6.07, 6.45) is 5.85. The van der Waals surface area contributed by atoms with Crippen molar-refractivity contribution in [2.24, 2.45) is 5.10 Å². The first-order valence-corrected chi connectivity index (χ1v) is 9.55. The quantitative estimate of drug-likeness (QED) is 0.762. The van der Waals surface area contributed by atoms with Crippen LogP contribution in [0.15, 0.2) is 35.4 Å². The van der Waals surface area contributed by atoms with Gasteiger partial charge in [-0.05, 0) is 25.0 Å². The number of hydrogen-bond acceptors (Lipinski definition) is 5. The summed E-state index contributed by atoms with van der Waals surface area (Å²) in [6.45, 7) is 1.15. The van der Waals surface area contributed by atoms with Crippen LogP contribution in [0, 0.1) is 0 Å². The number of rotatable bonds is 4. The van der Waals surface area contributed by atoms with Crippen LogP contribution in [0.4, 0.5) is 5.69 Å². The monoisotopic (exact) mass is 371 g/mol. The zero-order chi connectivity index (χ0) is 19.1. The van der Waals surface area contributed by atoms with E-state index in [0.29, 0.717) is 18.8 Å². The van der Waals surface area contributed by atoms with Crippen molar-refractivity contribution < 1.29 is 19.1 Å². The van der Waals surface area contributed by atoms with E-state index < -0.39 is 5.97 Å². The number of likely N-dealkylation sites (tertiary alicyclic amines) is 1. The van der Waals surface area contributed by atoms with Gasteiger partial charge in [0, 0.05) is 25.9 Å². The maximum atomic E-state index is 12.3. The molecule has 0 aliphatic carbocycles. The Morgan fingerprint density at radius 3 is 2.33 bits per heavy atom. The molecule has 2 heterocycles. The molecule has 1 fully saturated rings. The van der Waals surface area contributed by atoms with E-state index in [9.17, 15) is 14.4 Å². The van der Waals surface area contributed by atoms with E-state index in [1.165, 1.54) is 11.4 Å². The zero-order valence-electron chi connectivity index (χ0n) is 15.4. The minimum absolute atomic E-state index is 0.166. The maximum Gasteiger partial charge on any atom is 0.355 e. The van der Waals surface area contributed by atoms with Crippen LogP contribution in [0.25, 0.3) is 0 Å². The Bertz CT molecular complexity index is 709. The summed E-state index contributed by atoms with van der Waals surface area (Å²) in [6, 6.07) is 8.94. The summed E-state index contributed by atoms with van der Waals surface area (Å²) in [5.41, 5.74) is 0.767. The topological polar surface area (TPSA) is 79.3 Å². The summed E-state index contributed by atoms with van der Waals surface area (Å²) in [5.74, 6) is -0.976. The van der Waals surface area contributed by atoms with E-state index in [0.717, 1.165) is 25.7 Å². The fourth-order valence-electron chi connectivity index (χ4n) is 3.27. The van der Waals surface area contributed by atoms with Crippen molar-refractivity contribution >= 4 is 29.2 Å². The lowest BCUT2D eigenvalue weighted by Crippen LogP contribution is -2.39. The van der Waals surface area contributed by atoms with Crippen LogP contribution in [-0.2, 0) is 19.1 Å². The third kappa shape index (κ3) is 5.15. The number of amides is 2. The van der Waals surface area contributed by atoms with Crippen molar-refractivity contribution in [3.63, 3.8) is 0 Å². The number of nitrogens with zero attached hydrogens (tertiary/aromatic N) is 3. The summed E-state index contributed by atoms with van der Waals surface area (Å²) < 4.78 is 5.19. The van der Waals surface area contributed by atoms with E-state index in [2.05, 4.69) is 5.10 Å². The maximum absolute atomic E-state index is 12.3. The highest BCUT2D eigenvalue weighted by atomic mass is 16.5. The first-order valence-electron chi connectivity index (χ1n) is 9.55. The van der Waals surface area contributed by atoms with Crippen molar-refractivity contribution in [2.75, 3.05) is 24.7 Å². The molecule has 0 aromatic heterocycles. The Kier molecular flexibility index (Phi) is 6.57. The van der Waals surface area contributed by atoms with Gasteiger partial charge in [-0.15, -0.1) is 0 Å². The van der Waals surface area contributed by atoms with Gasteiger partial charge in [0.25, 0.3) is 5.91 Å². The molecule has 2 amide bonds. The zero-order valence-corrected chi connectivity index (χ0v) is 15.4. The van der Waals surface area contributed by atoms with Gasteiger partial charge in [0.05, 0.1) is 5.69 Å². The molecule has 3 rings (SSSR count). The number of carbonyl (C=O) groups excluding carboxylic acids is 3. The van der Waals surface area contributed by atoms with Crippen LogP contribution in [-0.4, -0.2) is 48.1 Å². The van der Waals surface area contributed by atoms with Crippen molar-refractivity contribution in [1.82, 2.24) is 4.90 Å². The number of benzene rings is 1. The van der Waals surface area contributed by atoms with Gasteiger partial charge in [-0.25, -0.2) is 9.80 Å². The van der Waals surface area contributed by atoms with Gasteiger partial charge in [0.2, 0.25) is 5.91 Å². The molecule has 7 nitrogen and oxygen atoms in total. The fraction of sp³-hybridized carbons (Fsp3) is 0.500. The molecule has 1 saturated heterocycles. The van der Waals surface area contributed by atoms with Crippen molar-refractivity contribution in [3.05, 3.63) is 30.3 Å². The molecule has 0 atom stereocenters. The van der Waals surface area contributed by atoms with Crippen LogP contribution in [0.5, 0.6) is 0 Å². The molecule has 0 spiro atoms. The van der Waals surface area contributed by atoms with Gasteiger partial charge in [-0.1, -0.05) is 37.5 Å². The first-order chi connectivity index (χ1) is 13.1. The number of hydrogen-bond donors (Lipinski definition) is 0. The highest BCUT2D eigenvalue weighted by Gasteiger charge is 2.27. The smallest absolute Gasteiger partial charge is 0.355 e. The molecule has 0 saturated carbocycles. The number of esters is 1. The molecular weight excluding hydrogens is 346 g/mol. The fourth-order valence-corrected chi connectivity index (χ4v) is 3.27. The molecule has 0 radical (unpaired) electrons. The third-order valence-electron chi connectivity index (χ3n) is 4.80. The number of carbonyl (C=O) groups is 3. The number of anilines is 1. The minimum atomic E-state index is -0.635. The van der Waals surface area contributed by atoms with Gasteiger partial charge in [0.15, 0.2) is 6.61 Å². The average Bonchev–Trinajstić information content (AvgIpc) is 2.66. The summed E-state index contributed by atoms with van der Waals surface area (Å²) in [7, 11) is 0. The van der Waals surface area contributed by atoms with Crippen LogP contribution in [0.1, 0.15) is 44.9 Å². The van der Waals surface area contributed by atoms with Crippen molar-refractivity contribution in [1.29, 1.82) is 0 Å². The highest BCUT2D eigenvalue weighted by Crippen LogP contribution is 2.20. The Labute approximate surface area is 159 Å². The van der Waals surface area contributed by atoms with Crippen LogP contribution >= 0.6 is 0 Å². The summed E-state index contributed by atoms with van der Waals surface area (Å²) in [5, 5.41) is 5.37. The van der Waals surface area contributed by atoms with Gasteiger partial charge < -0.3 is 9.64 Å². The molecule has 0 N–H and O–H groups in total. The van der Waals surface area contributed by atoms with E-state index in [1.807, 2.05) is 6.07 Å². The molecule has 0 bridgehead atoms. The lowest BCUT2D eigenvalue weighted by molar-refractivity contribution is -0.147. The molecule has 2 aliphatic rings. The minimum Gasteiger partial charge on any atom is -0.451 e. The Morgan fingerprint density at radius 1 is 0.963 bits per heavy atom. The molecule has 7 heteroatoms. The SMILES string of the molecule is O=C(OCC(=O)N1CCCCCCC1)C1=NN(c2ccccc2)C(=O)CC1. The summed E-state index contributed by atoms with van der Waals surface area (Å²) in [4.78, 5) is 38.5. The molecule has 144 valence electrons. The van der Waals surface area contributed by atoms with Crippen molar-refractivity contribution in [3.8, 4) is 0 Å². The second-order valence-electron chi connectivity index (χ2n) is 6.81. The average molecular weight is 371 g/mol. The molecule has 1 aromatic carbocycles. The first kappa shape index (κ1) is 19.1. The van der Waals surface area contributed by atoms with Gasteiger partial charge >= 0.3 is 5.97 Å². The molecular formula is C20H25N3O4. The predicted molar refractivity (Wildman–Crippen MR) is 101 cm³/mol. The van der Waals surface area contributed by atoms with Crippen LogP contribution in [0.3, 0.4) is 0 Å².